The normalized spacial score (nSPS) is 16.0. The first-order valence-electron chi connectivity index (χ1n) is 9.57. The molecule has 2 heterocycles. The van der Waals surface area contributed by atoms with Gasteiger partial charge in [-0.05, 0) is 79.6 Å². The van der Waals surface area contributed by atoms with Gasteiger partial charge in [0.1, 0.15) is 0 Å². The van der Waals surface area contributed by atoms with Gasteiger partial charge >= 0.3 is 0 Å². The van der Waals surface area contributed by atoms with E-state index in [0.717, 1.165) is 13.1 Å². The molecule has 25 heavy (non-hydrogen) atoms. The number of H-pyrrole nitrogens is 1. The molecule has 2 nitrogen and oxygen atoms in total. The SMILES string of the molecule is Cc1cccc(-c2[nH]c3ccc(C4CCNCC4)cc3c2C(C)C)c1. The minimum atomic E-state index is 0.493. The number of benzene rings is 2. The van der Waals surface area contributed by atoms with E-state index in [9.17, 15) is 0 Å². The minimum Gasteiger partial charge on any atom is -0.354 e. The maximum atomic E-state index is 3.71. The lowest BCUT2D eigenvalue weighted by Gasteiger charge is -2.23. The molecule has 3 aromatic rings. The van der Waals surface area contributed by atoms with Gasteiger partial charge in [-0.3, -0.25) is 0 Å². The van der Waals surface area contributed by atoms with Crippen LogP contribution in [0.3, 0.4) is 0 Å². The highest BCUT2D eigenvalue weighted by molar-refractivity contribution is 5.92. The van der Waals surface area contributed by atoms with Gasteiger partial charge < -0.3 is 10.3 Å². The molecular weight excluding hydrogens is 304 g/mol. The summed E-state index contributed by atoms with van der Waals surface area (Å²) in [4.78, 5) is 3.71. The molecule has 1 aliphatic heterocycles. The summed E-state index contributed by atoms with van der Waals surface area (Å²) in [5, 5.41) is 4.88. The topological polar surface area (TPSA) is 27.8 Å². The van der Waals surface area contributed by atoms with E-state index in [-0.39, 0.29) is 0 Å². The van der Waals surface area contributed by atoms with Gasteiger partial charge in [0, 0.05) is 16.6 Å². The average Bonchev–Trinajstić information content (AvgIpc) is 3.01. The Morgan fingerprint density at radius 1 is 1.00 bits per heavy atom. The molecule has 0 radical (unpaired) electrons. The van der Waals surface area contributed by atoms with E-state index in [1.165, 1.54) is 51.7 Å². The molecule has 0 unspecified atom stereocenters. The Labute approximate surface area is 150 Å². The second-order valence-corrected chi connectivity index (χ2v) is 7.77. The molecule has 0 aliphatic carbocycles. The largest absolute Gasteiger partial charge is 0.354 e. The number of hydrogen-bond acceptors (Lipinski definition) is 1. The van der Waals surface area contributed by atoms with Crippen molar-refractivity contribution in [3.05, 3.63) is 59.2 Å². The fraction of sp³-hybridized carbons (Fsp3) is 0.391. The van der Waals surface area contributed by atoms with Gasteiger partial charge in [0.15, 0.2) is 0 Å². The van der Waals surface area contributed by atoms with Crippen molar-refractivity contribution < 1.29 is 0 Å². The van der Waals surface area contributed by atoms with Crippen molar-refractivity contribution >= 4 is 10.9 Å². The molecule has 2 N–H and O–H groups in total. The van der Waals surface area contributed by atoms with Gasteiger partial charge in [0.2, 0.25) is 0 Å². The molecule has 2 aromatic carbocycles. The number of rotatable bonds is 3. The summed E-state index contributed by atoms with van der Waals surface area (Å²) in [6.45, 7) is 9.05. The van der Waals surface area contributed by atoms with Crippen molar-refractivity contribution in [1.29, 1.82) is 0 Å². The Bertz CT molecular complexity index is 882. The van der Waals surface area contributed by atoms with Crippen molar-refractivity contribution in [3.63, 3.8) is 0 Å². The predicted molar refractivity (Wildman–Crippen MR) is 107 cm³/mol. The third kappa shape index (κ3) is 3.11. The summed E-state index contributed by atoms with van der Waals surface area (Å²) in [6, 6.07) is 15.9. The van der Waals surface area contributed by atoms with Crippen LogP contribution < -0.4 is 5.32 Å². The zero-order chi connectivity index (χ0) is 17.4. The van der Waals surface area contributed by atoms with Crippen LogP contribution in [0.5, 0.6) is 0 Å². The summed E-state index contributed by atoms with van der Waals surface area (Å²) in [5.74, 6) is 1.19. The Morgan fingerprint density at radius 3 is 2.52 bits per heavy atom. The van der Waals surface area contributed by atoms with Crippen molar-refractivity contribution in [2.24, 2.45) is 0 Å². The molecule has 1 fully saturated rings. The highest BCUT2D eigenvalue weighted by Crippen LogP contribution is 2.38. The van der Waals surface area contributed by atoms with E-state index >= 15 is 0 Å². The zero-order valence-electron chi connectivity index (χ0n) is 15.5. The predicted octanol–water partition coefficient (Wildman–Crippen LogP) is 5.73. The average molecular weight is 332 g/mol. The van der Waals surface area contributed by atoms with Crippen LogP contribution in [0.1, 0.15) is 55.2 Å². The first-order valence-corrected chi connectivity index (χ1v) is 9.57. The lowest BCUT2D eigenvalue weighted by Crippen LogP contribution is -2.26. The minimum absolute atomic E-state index is 0.493. The first kappa shape index (κ1) is 16.4. The second-order valence-electron chi connectivity index (χ2n) is 7.77. The molecule has 1 aliphatic rings. The van der Waals surface area contributed by atoms with Gasteiger partial charge in [0.25, 0.3) is 0 Å². The first-order chi connectivity index (χ1) is 12.1. The fourth-order valence-corrected chi connectivity index (χ4v) is 4.27. The van der Waals surface area contributed by atoms with Crippen LogP contribution in [0.25, 0.3) is 22.2 Å². The lowest BCUT2D eigenvalue weighted by molar-refractivity contribution is 0.460. The molecule has 1 saturated heterocycles. The molecule has 2 heteroatoms. The number of nitrogens with one attached hydrogen (secondary N) is 2. The Balaban J connectivity index is 1.85. The van der Waals surface area contributed by atoms with E-state index < -0.39 is 0 Å². The summed E-state index contributed by atoms with van der Waals surface area (Å²) in [6.07, 6.45) is 2.50. The van der Waals surface area contributed by atoms with Gasteiger partial charge in [0.05, 0.1) is 0 Å². The number of fused-ring (bicyclic) bond motifs is 1. The van der Waals surface area contributed by atoms with E-state index in [4.69, 9.17) is 0 Å². The van der Waals surface area contributed by atoms with Crippen LogP contribution >= 0.6 is 0 Å². The maximum absolute atomic E-state index is 3.71. The molecule has 130 valence electrons. The number of aromatic nitrogens is 1. The summed E-state index contributed by atoms with van der Waals surface area (Å²) < 4.78 is 0. The van der Waals surface area contributed by atoms with Crippen LogP contribution in [0.4, 0.5) is 0 Å². The van der Waals surface area contributed by atoms with Crippen molar-refractivity contribution in [1.82, 2.24) is 10.3 Å². The highest BCUT2D eigenvalue weighted by atomic mass is 14.9. The van der Waals surface area contributed by atoms with Crippen LogP contribution in [0.15, 0.2) is 42.5 Å². The van der Waals surface area contributed by atoms with Crippen LogP contribution in [0.2, 0.25) is 0 Å². The smallest absolute Gasteiger partial charge is 0.0500 e. The molecule has 4 rings (SSSR count). The number of aromatic amines is 1. The monoisotopic (exact) mass is 332 g/mol. The third-order valence-electron chi connectivity index (χ3n) is 5.56. The van der Waals surface area contributed by atoms with Crippen LogP contribution in [0, 0.1) is 6.92 Å². The van der Waals surface area contributed by atoms with E-state index in [1.54, 1.807) is 0 Å². The second kappa shape index (κ2) is 6.68. The number of piperidine rings is 1. The Kier molecular flexibility index (Phi) is 4.39. The Morgan fingerprint density at radius 2 is 1.80 bits per heavy atom. The maximum Gasteiger partial charge on any atom is 0.0500 e. The van der Waals surface area contributed by atoms with Crippen molar-refractivity contribution in [3.8, 4) is 11.3 Å². The van der Waals surface area contributed by atoms with E-state index in [2.05, 4.69) is 73.5 Å². The number of aryl methyl sites for hydroxylation is 1. The van der Waals surface area contributed by atoms with Crippen molar-refractivity contribution in [2.75, 3.05) is 13.1 Å². The lowest BCUT2D eigenvalue weighted by atomic mass is 9.88. The standard InChI is InChI=1S/C23H28N2/c1-15(2)22-20-14-18(17-9-11-24-12-10-17)7-8-21(20)25-23(22)19-6-4-5-16(3)13-19/h4-8,13-15,17,24-25H,9-12H2,1-3H3. The van der Waals surface area contributed by atoms with Crippen molar-refractivity contribution in [2.45, 2.75) is 45.4 Å². The molecule has 0 bridgehead atoms. The highest BCUT2D eigenvalue weighted by Gasteiger charge is 2.19. The molecule has 0 amide bonds. The summed E-state index contributed by atoms with van der Waals surface area (Å²) in [7, 11) is 0. The molecule has 0 saturated carbocycles. The number of hydrogen-bond donors (Lipinski definition) is 2. The zero-order valence-corrected chi connectivity index (χ0v) is 15.5. The Hall–Kier alpha value is -2.06. The van der Waals surface area contributed by atoms with Gasteiger partial charge in [-0.15, -0.1) is 0 Å². The molecule has 0 atom stereocenters. The summed E-state index contributed by atoms with van der Waals surface area (Å²) in [5.41, 5.74) is 8.11. The van der Waals surface area contributed by atoms with Crippen LogP contribution in [-0.2, 0) is 0 Å². The van der Waals surface area contributed by atoms with Gasteiger partial charge in [-0.1, -0.05) is 43.7 Å². The van der Waals surface area contributed by atoms with E-state index in [1.807, 2.05) is 0 Å². The van der Waals surface area contributed by atoms with Crippen LogP contribution in [-0.4, -0.2) is 18.1 Å². The molecule has 1 aromatic heterocycles. The third-order valence-corrected chi connectivity index (χ3v) is 5.56. The van der Waals surface area contributed by atoms with E-state index in [0.29, 0.717) is 11.8 Å². The molecular formula is C23H28N2. The summed E-state index contributed by atoms with van der Waals surface area (Å²) >= 11 is 0. The van der Waals surface area contributed by atoms with Gasteiger partial charge in [-0.2, -0.15) is 0 Å². The quantitative estimate of drug-likeness (QED) is 0.629. The fourth-order valence-electron chi connectivity index (χ4n) is 4.27. The molecule has 0 spiro atoms. The van der Waals surface area contributed by atoms with Gasteiger partial charge in [-0.25, -0.2) is 0 Å².